The fraction of sp³-hybridized carbons (Fsp3) is 0.733. The van der Waals surface area contributed by atoms with Crippen molar-refractivity contribution >= 4 is 11.6 Å². The molecule has 2 rings (SSSR count). The molecule has 0 unspecified atom stereocenters. The average Bonchev–Trinajstić information content (AvgIpc) is 3.19. The number of aromatic nitrogens is 2. The van der Waals surface area contributed by atoms with Crippen molar-refractivity contribution in [2.45, 2.75) is 53.0 Å². The molecule has 1 aromatic heterocycles. The van der Waals surface area contributed by atoms with E-state index in [1.165, 1.54) is 18.4 Å². The minimum Gasteiger partial charge on any atom is -0.370 e. The molecule has 4 nitrogen and oxygen atoms in total. The van der Waals surface area contributed by atoms with Crippen LogP contribution in [-0.2, 0) is 0 Å². The van der Waals surface area contributed by atoms with Crippen LogP contribution in [0, 0.1) is 12.8 Å². The van der Waals surface area contributed by atoms with Gasteiger partial charge in [0.25, 0.3) is 0 Å². The Bertz CT molecular complexity index is 413. The van der Waals surface area contributed by atoms with Crippen LogP contribution in [0.2, 0.25) is 0 Å². The largest absolute Gasteiger partial charge is 0.370 e. The van der Waals surface area contributed by atoms with Gasteiger partial charge in [0.15, 0.2) is 0 Å². The van der Waals surface area contributed by atoms with Gasteiger partial charge in [0.05, 0.1) is 0 Å². The van der Waals surface area contributed by atoms with Crippen LogP contribution in [-0.4, -0.2) is 29.1 Å². The number of hydrogen-bond acceptors (Lipinski definition) is 4. The molecule has 0 radical (unpaired) electrons. The van der Waals surface area contributed by atoms with Crippen LogP contribution in [0.3, 0.4) is 0 Å². The Morgan fingerprint density at radius 2 is 2.11 bits per heavy atom. The number of nitrogens with zero attached hydrogens (tertiary/aromatic N) is 3. The summed E-state index contributed by atoms with van der Waals surface area (Å²) >= 11 is 0. The molecule has 1 saturated carbocycles. The number of hydrogen-bond donors (Lipinski definition) is 1. The Morgan fingerprint density at radius 1 is 1.37 bits per heavy atom. The molecule has 1 N–H and O–H groups in total. The zero-order chi connectivity index (χ0) is 13.8. The van der Waals surface area contributed by atoms with Gasteiger partial charge in [-0.25, -0.2) is 9.97 Å². The van der Waals surface area contributed by atoms with E-state index < -0.39 is 0 Å². The van der Waals surface area contributed by atoms with Crippen molar-refractivity contribution in [2.75, 3.05) is 23.3 Å². The van der Waals surface area contributed by atoms with E-state index in [0.29, 0.717) is 12.0 Å². The smallest absolute Gasteiger partial charge is 0.137 e. The summed E-state index contributed by atoms with van der Waals surface area (Å²) < 4.78 is 0. The molecule has 0 atom stereocenters. The molecule has 0 aromatic carbocycles. The summed E-state index contributed by atoms with van der Waals surface area (Å²) in [6.45, 7) is 10.9. The molecule has 1 fully saturated rings. The van der Waals surface area contributed by atoms with Gasteiger partial charge < -0.3 is 10.2 Å². The van der Waals surface area contributed by atoms with Crippen molar-refractivity contribution in [3.8, 4) is 0 Å². The lowest BCUT2D eigenvalue weighted by molar-refractivity contribution is 0.601. The van der Waals surface area contributed by atoms with E-state index in [1.54, 1.807) is 6.33 Å². The van der Waals surface area contributed by atoms with Crippen molar-refractivity contribution in [1.29, 1.82) is 0 Å². The van der Waals surface area contributed by atoms with Crippen LogP contribution in [0.1, 0.15) is 45.6 Å². The zero-order valence-electron chi connectivity index (χ0n) is 12.6. The second-order valence-corrected chi connectivity index (χ2v) is 5.88. The molecule has 1 aliphatic carbocycles. The topological polar surface area (TPSA) is 41.1 Å². The monoisotopic (exact) mass is 262 g/mol. The van der Waals surface area contributed by atoms with Gasteiger partial charge >= 0.3 is 0 Å². The molecule has 4 heteroatoms. The van der Waals surface area contributed by atoms with Crippen molar-refractivity contribution in [3.63, 3.8) is 0 Å². The van der Waals surface area contributed by atoms with E-state index >= 15 is 0 Å². The summed E-state index contributed by atoms with van der Waals surface area (Å²) in [5.74, 6) is 2.76. The number of anilines is 2. The molecular formula is C15H26N4. The lowest BCUT2D eigenvalue weighted by atomic mass is 10.2. The van der Waals surface area contributed by atoms with Crippen LogP contribution in [0.15, 0.2) is 6.33 Å². The maximum atomic E-state index is 4.54. The van der Waals surface area contributed by atoms with Crippen LogP contribution >= 0.6 is 0 Å². The van der Waals surface area contributed by atoms with Crippen LogP contribution in [0.25, 0.3) is 0 Å². The van der Waals surface area contributed by atoms with E-state index in [-0.39, 0.29) is 0 Å². The van der Waals surface area contributed by atoms with Gasteiger partial charge in [0.2, 0.25) is 0 Å². The first kappa shape index (κ1) is 14.1. The minimum absolute atomic E-state index is 0.655. The summed E-state index contributed by atoms with van der Waals surface area (Å²) in [4.78, 5) is 11.4. The maximum absolute atomic E-state index is 4.54. The van der Waals surface area contributed by atoms with E-state index in [2.05, 4.69) is 47.9 Å². The van der Waals surface area contributed by atoms with E-state index in [0.717, 1.165) is 31.1 Å². The summed E-state index contributed by atoms with van der Waals surface area (Å²) in [5.41, 5.74) is 1.18. The number of nitrogens with one attached hydrogen (secondary N) is 1. The summed E-state index contributed by atoms with van der Waals surface area (Å²) in [7, 11) is 0. The van der Waals surface area contributed by atoms with Gasteiger partial charge in [0.1, 0.15) is 18.0 Å². The van der Waals surface area contributed by atoms with Gasteiger partial charge in [-0.3, -0.25) is 0 Å². The van der Waals surface area contributed by atoms with E-state index in [4.69, 9.17) is 0 Å². The Morgan fingerprint density at radius 3 is 2.68 bits per heavy atom. The Hall–Kier alpha value is -1.32. The highest BCUT2D eigenvalue weighted by atomic mass is 15.2. The molecule has 0 bridgehead atoms. The highest BCUT2D eigenvalue weighted by molar-refractivity contribution is 5.58. The summed E-state index contributed by atoms with van der Waals surface area (Å²) in [6.07, 6.45) is 5.40. The highest BCUT2D eigenvalue weighted by Gasteiger charge is 2.31. The van der Waals surface area contributed by atoms with Gasteiger partial charge in [-0.2, -0.15) is 0 Å². The summed E-state index contributed by atoms with van der Waals surface area (Å²) in [5, 5.41) is 3.39. The molecule has 106 valence electrons. The first-order valence-electron chi connectivity index (χ1n) is 7.45. The second-order valence-electron chi connectivity index (χ2n) is 5.88. The Kier molecular flexibility index (Phi) is 4.61. The average molecular weight is 262 g/mol. The minimum atomic E-state index is 0.655. The quantitative estimate of drug-likeness (QED) is 0.819. The summed E-state index contributed by atoms with van der Waals surface area (Å²) in [6, 6.07) is 0.690. The fourth-order valence-electron chi connectivity index (χ4n) is 2.34. The molecule has 1 aliphatic rings. The third-order valence-corrected chi connectivity index (χ3v) is 3.42. The van der Waals surface area contributed by atoms with E-state index in [9.17, 15) is 0 Å². The molecule has 19 heavy (non-hydrogen) atoms. The highest BCUT2D eigenvalue weighted by Crippen LogP contribution is 2.34. The third kappa shape index (κ3) is 3.58. The lowest BCUT2D eigenvalue weighted by Gasteiger charge is -2.27. The molecule has 1 heterocycles. The zero-order valence-corrected chi connectivity index (χ0v) is 12.6. The predicted molar refractivity (Wildman–Crippen MR) is 80.8 cm³/mol. The SMILES string of the molecule is CCCNc1ncnc(N(CC(C)C)C2CC2)c1C. The van der Waals surface area contributed by atoms with Crippen molar-refractivity contribution in [1.82, 2.24) is 9.97 Å². The van der Waals surface area contributed by atoms with Crippen molar-refractivity contribution < 1.29 is 0 Å². The molecular weight excluding hydrogens is 236 g/mol. The molecule has 0 amide bonds. The number of rotatable bonds is 7. The first-order valence-corrected chi connectivity index (χ1v) is 7.45. The molecule has 0 aliphatic heterocycles. The standard InChI is InChI=1S/C15H26N4/c1-5-8-16-14-12(4)15(18-10-17-14)19(9-11(2)3)13-6-7-13/h10-11,13H,5-9H2,1-4H3,(H,16,17,18). The van der Waals surface area contributed by atoms with E-state index in [1.807, 2.05) is 0 Å². The Labute approximate surface area is 116 Å². The van der Waals surface area contributed by atoms with Gasteiger partial charge in [-0.1, -0.05) is 20.8 Å². The molecule has 1 aromatic rings. The fourth-order valence-corrected chi connectivity index (χ4v) is 2.34. The van der Waals surface area contributed by atoms with Crippen molar-refractivity contribution in [2.24, 2.45) is 5.92 Å². The second kappa shape index (κ2) is 6.22. The van der Waals surface area contributed by atoms with Gasteiger partial charge in [-0.05, 0) is 32.1 Å². The van der Waals surface area contributed by atoms with Crippen LogP contribution in [0.5, 0.6) is 0 Å². The molecule has 0 spiro atoms. The maximum Gasteiger partial charge on any atom is 0.137 e. The Balaban J connectivity index is 2.21. The van der Waals surface area contributed by atoms with Gasteiger partial charge in [-0.15, -0.1) is 0 Å². The predicted octanol–water partition coefficient (Wildman–Crippen LogP) is 3.23. The van der Waals surface area contributed by atoms with Crippen LogP contribution < -0.4 is 10.2 Å². The lowest BCUT2D eigenvalue weighted by Crippen LogP contribution is -2.31. The third-order valence-electron chi connectivity index (χ3n) is 3.42. The van der Waals surface area contributed by atoms with Crippen molar-refractivity contribution in [3.05, 3.63) is 11.9 Å². The van der Waals surface area contributed by atoms with Crippen LogP contribution in [0.4, 0.5) is 11.6 Å². The normalized spacial score (nSPS) is 14.8. The first-order chi connectivity index (χ1) is 9.13. The van der Waals surface area contributed by atoms with Gasteiger partial charge in [0, 0.05) is 24.7 Å². The molecule has 0 saturated heterocycles.